The van der Waals surface area contributed by atoms with Gasteiger partial charge in [-0.05, 0) is 30.3 Å². The third-order valence-corrected chi connectivity index (χ3v) is 11.9. The summed E-state index contributed by atoms with van der Waals surface area (Å²) >= 11 is 0. The molecular formula is C45H11F15N4. The Bertz CT molecular complexity index is 4060. The Labute approximate surface area is 342 Å². The van der Waals surface area contributed by atoms with Gasteiger partial charge in [0.15, 0.2) is 69.8 Å². The van der Waals surface area contributed by atoms with Crippen molar-refractivity contribution in [3.8, 4) is 33.4 Å². The molecule has 0 saturated heterocycles. The molecule has 19 heteroatoms. The molecule has 0 N–H and O–H groups in total. The summed E-state index contributed by atoms with van der Waals surface area (Å²) in [6.45, 7) is 0. The number of hydrogen-bond acceptors (Lipinski definition) is 1. The Kier molecular flexibility index (Phi) is 7.28. The fraction of sp³-hybridized carbons (Fsp3) is 0. The molecule has 7 heterocycles. The Morgan fingerprint density at radius 1 is 0.312 bits per heavy atom. The van der Waals surface area contributed by atoms with Gasteiger partial charge in [0.1, 0.15) is 11.3 Å². The van der Waals surface area contributed by atoms with Crippen LogP contribution in [0.25, 0.3) is 105 Å². The van der Waals surface area contributed by atoms with E-state index in [1.165, 1.54) is 52.9 Å². The summed E-state index contributed by atoms with van der Waals surface area (Å²) in [4.78, 5) is 4.56. The van der Waals surface area contributed by atoms with E-state index >= 15 is 52.7 Å². The van der Waals surface area contributed by atoms with Gasteiger partial charge in [-0.1, -0.05) is 36.4 Å². The van der Waals surface area contributed by atoms with Crippen LogP contribution in [0.1, 0.15) is 0 Å². The highest BCUT2D eigenvalue weighted by molar-refractivity contribution is 6.25. The van der Waals surface area contributed by atoms with Crippen LogP contribution in [-0.2, 0) is 0 Å². The van der Waals surface area contributed by atoms with Crippen molar-refractivity contribution in [3.05, 3.63) is 154 Å². The minimum Gasteiger partial charge on any atom is -0.294 e. The number of rotatable bonds is 3. The summed E-state index contributed by atoms with van der Waals surface area (Å²) in [5.41, 5.74) is -9.85. The van der Waals surface area contributed by atoms with Crippen LogP contribution in [0.15, 0.2) is 66.7 Å². The normalized spacial score (nSPS) is 12.6. The van der Waals surface area contributed by atoms with Crippen LogP contribution in [0.2, 0.25) is 0 Å². The van der Waals surface area contributed by atoms with Gasteiger partial charge in [0.2, 0.25) is 17.5 Å². The maximum absolute atomic E-state index is 16.5. The van der Waals surface area contributed by atoms with Gasteiger partial charge in [0.05, 0.1) is 55.3 Å². The van der Waals surface area contributed by atoms with Gasteiger partial charge in [-0.25, -0.2) is 70.8 Å². The molecule has 0 amide bonds. The van der Waals surface area contributed by atoms with Gasteiger partial charge in [-0.3, -0.25) is 13.2 Å². The number of nitrogens with zero attached hydrogens (tertiary/aromatic N) is 4. The van der Waals surface area contributed by atoms with Gasteiger partial charge in [0, 0.05) is 38.2 Å². The summed E-state index contributed by atoms with van der Waals surface area (Å²) < 4.78 is 235. The lowest BCUT2D eigenvalue weighted by Crippen LogP contribution is -2.05. The summed E-state index contributed by atoms with van der Waals surface area (Å²) in [7, 11) is 0. The second kappa shape index (κ2) is 12.3. The van der Waals surface area contributed by atoms with Crippen LogP contribution in [0, 0.1) is 87.3 Å². The van der Waals surface area contributed by atoms with Crippen molar-refractivity contribution in [2.24, 2.45) is 0 Å². The molecule has 12 rings (SSSR count). The number of hydrogen-bond donors (Lipinski definition) is 0. The highest BCUT2D eigenvalue weighted by atomic mass is 19.2. The van der Waals surface area contributed by atoms with E-state index < -0.39 is 143 Å². The number of halogens is 15. The molecule has 0 aliphatic heterocycles. The second-order valence-corrected chi connectivity index (χ2v) is 14.9. The molecule has 7 aromatic heterocycles. The molecule has 0 aliphatic carbocycles. The predicted molar refractivity (Wildman–Crippen MR) is 203 cm³/mol. The van der Waals surface area contributed by atoms with E-state index in [1.54, 1.807) is 0 Å². The molecule has 0 atom stereocenters. The van der Waals surface area contributed by atoms with Crippen molar-refractivity contribution in [2.75, 3.05) is 0 Å². The van der Waals surface area contributed by atoms with Crippen LogP contribution in [0.4, 0.5) is 65.9 Å². The molecule has 0 unspecified atom stereocenters. The molecule has 12 aromatic rings. The molecule has 0 spiro atoms. The summed E-state index contributed by atoms with van der Waals surface area (Å²) in [6.07, 6.45) is 0. The Hall–Kier alpha value is -7.70. The number of benzene rings is 5. The molecule has 64 heavy (non-hydrogen) atoms. The van der Waals surface area contributed by atoms with Crippen molar-refractivity contribution >= 4 is 71.5 Å². The van der Waals surface area contributed by atoms with Crippen LogP contribution in [0.5, 0.6) is 0 Å². The van der Waals surface area contributed by atoms with Crippen molar-refractivity contribution in [2.45, 2.75) is 0 Å². The van der Waals surface area contributed by atoms with Gasteiger partial charge >= 0.3 is 0 Å². The molecular weight excluding hydrogens is 881 g/mol. The van der Waals surface area contributed by atoms with Gasteiger partial charge in [0.25, 0.3) is 0 Å². The lowest BCUT2D eigenvalue weighted by molar-refractivity contribution is 0.381. The standard InChI is InChI=1S/C45H11F15N4/c46-28-25(29(47)35(53)40(58)34(28)52)22-16-9-10-17-24(27-32(50)38(56)42(60)39(57)33(27)51)43-19(62-15-8-4-2-6-13(15)21(22)45(62)63(16)17)11-18-23(26-30(48)36(54)41(59)37(55)31(26)49)20-12-5-1-3-7-14(12)61-44(20)64(18)43/h1-11H. The fourth-order valence-corrected chi connectivity index (χ4v) is 9.38. The van der Waals surface area contributed by atoms with Crippen molar-refractivity contribution in [1.29, 1.82) is 0 Å². The smallest absolute Gasteiger partial charge is 0.200 e. The first kappa shape index (κ1) is 38.0. The average molecular weight is 893 g/mol. The first-order chi connectivity index (χ1) is 30.6. The largest absolute Gasteiger partial charge is 0.294 e. The minimum absolute atomic E-state index is 0.00184. The molecule has 0 fully saturated rings. The van der Waals surface area contributed by atoms with E-state index in [4.69, 9.17) is 0 Å². The molecule has 0 radical (unpaired) electrons. The summed E-state index contributed by atoms with van der Waals surface area (Å²) in [5, 5.41) is -0.456. The molecule has 0 saturated carbocycles. The second-order valence-electron chi connectivity index (χ2n) is 14.9. The maximum atomic E-state index is 16.5. The number of aromatic nitrogens is 4. The predicted octanol–water partition coefficient (Wildman–Crippen LogP) is 13.6. The molecule has 316 valence electrons. The highest BCUT2D eigenvalue weighted by Crippen LogP contribution is 2.52. The number of para-hydroxylation sites is 2. The van der Waals surface area contributed by atoms with Crippen LogP contribution < -0.4 is 0 Å². The quantitative estimate of drug-likeness (QED) is 0.0986. The summed E-state index contributed by atoms with van der Waals surface area (Å²) in [5.74, 6) is -35.9. The Balaban J connectivity index is 1.44. The molecule has 4 nitrogen and oxygen atoms in total. The molecule has 0 bridgehead atoms. The first-order valence-electron chi connectivity index (χ1n) is 18.4. The maximum Gasteiger partial charge on any atom is 0.200 e. The summed E-state index contributed by atoms with van der Waals surface area (Å²) in [6, 6.07) is 14.4. The Morgan fingerprint density at radius 3 is 1.25 bits per heavy atom. The van der Waals surface area contributed by atoms with E-state index in [2.05, 4.69) is 4.98 Å². The number of fused-ring (bicyclic) bond motifs is 11. The monoisotopic (exact) mass is 892 g/mol. The van der Waals surface area contributed by atoms with E-state index in [9.17, 15) is 13.2 Å². The van der Waals surface area contributed by atoms with Crippen LogP contribution in [0.3, 0.4) is 0 Å². The lowest BCUT2D eigenvalue weighted by Gasteiger charge is -2.10. The zero-order chi connectivity index (χ0) is 44.8. The Morgan fingerprint density at radius 2 is 0.719 bits per heavy atom. The fourth-order valence-electron chi connectivity index (χ4n) is 9.38. The van der Waals surface area contributed by atoms with E-state index in [1.807, 2.05) is 0 Å². The molecule has 0 aliphatic rings. The topological polar surface area (TPSA) is 26.1 Å². The highest BCUT2D eigenvalue weighted by Gasteiger charge is 2.38. The van der Waals surface area contributed by atoms with E-state index in [-0.39, 0.29) is 49.4 Å². The van der Waals surface area contributed by atoms with Gasteiger partial charge in [-0.2, -0.15) is 0 Å². The van der Waals surface area contributed by atoms with E-state index in [0.717, 1.165) is 27.0 Å². The minimum atomic E-state index is -2.58. The van der Waals surface area contributed by atoms with Gasteiger partial charge in [-0.15, -0.1) is 0 Å². The van der Waals surface area contributed by atoms with Crippen molar-refractivity contribution in [3.63, 3.8) is 0 Å². The van der Waals surface area contributed by atoms with Gasteiger partial charge < -0.3 is 0 Å². The SMILES string of the molecule is Fc1c(F)c(F)c(-c2c3c4ccccc4nc3n3c2cc2c3c(-c3c(F)c(F)c(F)c(F)c3F)c3ccc4c(-c5c(F)c(F)c(F)c(F)c5F)c5c6ccccc6n2c5n43)c(F)c1F. The van der Waals surface area contributed by atoms with Crippen molar-refractivity contribution in [1.82, 2.24) is 18.2 Å². The zero-order valence-electron chi connectivity index (χ0n) is 30.8. The third kappa shape index (κ3) is 4.22. The zero-order valence-corrected chi connectivity index (χ0v) is 30.8. The molecule has 5 aromatic carbocycles. The van der Waals surface area contributed by atoms with Crippen molar-refractivity contribution < 1.29 is 65.9 Å². The first-order valence-corrected chi connectivity index (χ1v) is 18.4. The van der Waals surface area contributed by atoms with Crippen LogP contribution in [-0.4, -0.2) is 18.2 Å². The average Bonchev–Trinajstić information content (AvgIpc) is 4.13. The van der Waals surface area contributed by atoms with Crippen LogP contribution >= 0.6 is 0 Å². The third-order valence-electron chi connectivity index (χ3n) is 11.9. The lowest BCUT2D eigenvalue weighted by atomic mass is 10.00. The van der Waals surface area contributed by atoms with E-state index in [0.29, 0.717) is 0 Å².